The van der Waals surface area contributed by atoms with Crippen molar-refractivity contribution in [3.63, 3.8) is 0 Å². The van der Waals surface area contributed by atoms with E-state index in [1.807, 2.05) is 0 Å². The Bertz CT molecular complexity index is 69.8. The maximum atomic E-state index is 5.14. The first kappa shape index (κ1) is 6.95. The van der Waals surface area contributed by atoms with Crippen LogP contribution in [0.15, 0.2) is 0 Å². The summed E-state index contributed by atoms with van der Waals surface area (Å²) in [6.07, 6.45) is 0. The quantitative estimate of drug-likeness (QED) is 0.363. The highest BCUT2D eigenvalue weighted by Crippen LogP contribution is 1.92. The van der Waals surface area contributed by atoms with Gasteiger partial charge in [0.05, 0.1) is 19.9 Å². The Morgan fingerprint density at radius 1 is 1.44 bits per heavy atom. The molecule has 0 aromatic carbocycles. The molecule has 1 fully saturated rings. The van der Waals surface area contributed by atoms with Gasteiger partial charge in [-0.05, 0) is 0 Å². The lowest BCUT2D eigenvalue weighted by molar-refractivity contribution is 0.0342. The van der Waals surface area contributed by atoms with Gasteiger partial charge in [0, 0.05) is 13.1 Å². The fourth-order valence-electron chi connectivity index (χ4n) is 0.888. The summed E-state index contributed by atoms with van der Waals surface area (Å²) in [5.41, 5.74) is 2.61. The number of hydrogen-bond donors (Lipinski definition) is 2. The fraction of sp³-hybridized carbons (Fsp3) is 1.00. The second kappa shape index (κ2) is 3.79. The summed E-state index contributed by atoms with van der Waals surface area (Å²) in [6.45, 7) is 4.42. The summed E-state index contributed by atoms with van der Waals surface area (Å²) in [5, 5.41) is 0. The standard InChI is InChI=1S/C5H13N3O/c6-7-5-8-1-3-9-4-2-8/h7H,1-6H2. The lowest BCUT2D eigenvalue weighted by Gasteiger charge is -2.25. The summed E-state index contributed by atoms with van der Waals surface area (Å²) in [7, 11) is 0. The van der Waals surface area contributed by atoms with Crippen molar-refractivity contribution < 1.29 is 4.74 Å². The van der Waals surface area contributed by atoms with E-state index < -0.39 is 0 Å². The molecular weight excluding hydrogens is 118 g/mol. The van der Waals surface area contributed by atoms with Crippen LogP contribution in [0.5, 0.6) is 0 Å². The van der Waals surface area contributed by atoms with E-state index in [-0.39, 0.29) is 0 Å². The minimum absolute atomic E-state index is 0.767. The number of hydrazine groups is 1. The average molecular weight is 131 g/mol. The summed E-state index contributed by atoms with van der Waals surface area (Å²) in [4.78, 5) is 2.21. The van der Waals surface area contributed by atoms with Crippen molar-refractivity contribution in [2.24, 2.45) is 5.84 Å². The first-order valence-corrected chi connectivity index (χ1v) is 3.17. The normalized spacial score (nSPS) is 22.3. The van der Waals surface area contributed by atoms with Crippen LogP contribution < -0.4 is 11.3 Å². The number of nitrogens with two attached hydrogens (primary N) is 1. The maximum absolute atomic E-state index is 5.14. The van der Waals surface area contributed by atoms with E-state index in [1.54, 1.807) is 0 Å². The molecule has 0 aliphatic carbocycles. The predicted molar refractivity (Wildman–Crippen MR) is 34.6 cm³/mol. The zero-order valence-electron chi connectivity index (χ0n) is 5.47. The molecule has 1 saturated heterocycles. The molecule has 0 unspecified atom stereocenters. The van der Waals surface area contributed by atoms with Gasteiger partial charge < -0.3 is 4.74 Å². The Balaban J connectivity index is 2.08. The number of rotatable bonds is 2. The largest absolute Gasteiger partial charge is 0.379 e. The van der Waals surface area contributed by atoms with Crippen LogP contribution >= 0.6 is 0 Å². The highest BCUT2D eigenvalue weighted by molar-refractivity contribution is 4.58. The van der Waals surface area contributed by atoms with Crippen LogP contribution in [0.25, 0.3) is 0 Å². The van der Waals surface area contributed by atoms with E-state index in [0.29, 0.717) is 0 Å². The summed E-state index contributed by atoms with van der Waals surface area (Å²) in [6, 6.07) is 0. The van der Waals surface area contributed by atoms with E-state index in [9.17, 15) is 0 Å². The van der Waals surface area contributed by atoms with Crippen LogP contribution in [-0.4, -0.2) is 37.9 Å². The van der Waals surface area contributed by atoms with Crippen LogP contribution in [0, 0.1) is 0 Å². The molecule has 0 aromatic rings. The molecule has 0 saturated carbocycles. The van der Waals surface area contributed by atoms with Gasteiger partial charge in [-0.1, -0.05) is 0 Å². The molecule has 0 radical (unpaired) electrons. The van der Waals surface area contributed by atoms with Crippen LogP contribution in [0.4, 0.5) is 0 Å². The lowest BCUT2D eigenvalue weighted by Crippen LogP contribution is -2.44. The Morgan fingerprint density at radius 3 is 2.67 bits per heavy atom. The molecule has 1 heterocycles. The monoisotopic (exact) mass is 131 g/mol. The molecule has 0 atom stereocenters. The van der Waals surface area contributed by atoms with Crippen LogP contribution in [0.3, 0.4) is 0 Å². The number of ether oxygens (including phenoxy) is 1. The molecule has 3 N–H and O–H groups in total. The van der Waals surface area contributed by atoms with Gasteiger partial charge in [-0.3, -0.25) is 10.7 Å². The molecule has 0 amide bonds. The van der Waals surface area contributed by atoms with Gasteiger partial charge in [-0.25, -0.2) is 5.43 Å². The smallest absolute Gasteiger partial charge is 0.0614 e. The van der Waals surface area contributed by atoms with Crippen molar-refractivity contribution in [3.8, 4) is 0 Å². The van der Waals surface area contributed by atoms with Gasteiger partial charge >= 0.3 is 0 Å². The zero-order chi connectivity index (χ0) is 6.53. The molecule has 9 heavy (non-hydrogen) atoms. The van der Waals surface area contributed by atoms with Crippen LogP contribution in [0.1, 0.15) is 0 Å². The molecule has 1 aliphatic rings. The number of nitrogens with zero attached hydrogens (tertiary/aromatic N) is 1. The van der Waals surface area contributed by atoms with Crippen LogP contribution in [-0.2, 0) is 4.74 Å². The van der Waals surface area contributed by atoms with Crippen molar-refractivity contribution in [1.29, 1.82) is 0 Å². The van der Waals surface area contributed by atoms with Crippen LogP contribution in [0.2, 0.25) is 0 Å². The molecule has 4 heteroatoms. The van der Waals surface area contributed by atoms with Gasteiger partial charge in [0.15, 0.2) is 0 Å². The number of nitrogens with one attached hydrogen (secondary N) is 1. The highest BCUT2D eigenvalue weighted by Gasteiger charge is 2.07. The van der Waals surface area contributed by atoms with E-state index in [4.69, 9.17) is 10.6 Å². The molecule has 4 nitrogen and oxygen atoms in total. The van der Waals surface area contributed by atoms with Crippen molar-refractivity contribution >= 4 is 0 Å². The molecule has 0 spiro atoms. The minimum Gasteiger partial charge on any atom is -0.379 e. The van der Waals surface area contributed by atoms with E-state index in [1.165, 1.54) is 0 Å². The Morgan fingerprint density at radius 2 is 2.11 bits per heavy atom. The van der Waals surface area contributed by atoms with E-state index in [0.717, 1.165) is 33.0 Å². The molecular formula is C5H13N3O. The van der Waals surface area contributed by atoms with Crippen molar-refractivity contribution in [1.82, 2.24) is 10.3 Å². The van der Waals surface area contributed by atoms with Gasteiger partial charge in [0.2, 0.25) is 0 Å². The van der Waals surface area contributed by atoms with Gasteiger partial charge in [0.25, 0.3) is 0 Å². The minimum atomic E-state index is 0.767. The topological polar surface area (TPSA) is 50.5 Å². The maximum Gasteiger partial charge on any atom is 0.0614 e. The molecule has 54 valence electrons. The Kier molecular flexibility index (Phi) is 2.93. The fourth-order valence-corrected chi connectivity index (χ4v) is 0.888. The lowest BCUT2D eigenvalue weighted by atomic mass is 10.5. The third-order valence-electron chi connectivity index (χ3n) is 1.42. The molecule has 0 aromatic heterocycles. The van der Waals surface area contributed by atoms with Gasteiger partial charge in [-0.15, -0.1) is 0 Å². The van der Waals surface area contributed by atoms with Gasteiger partial charge in [0.1, 0.15) is 0 Å². The highest BCUT2D eigenvalue weighted by atomic mass is 16.5. The summed E-state index contributed by atoms with van der Waals surface area (Å²) >= 11 is 0. The summed E-state index contributed by atoms with van der Waals surface area (Å²) < 4.78 is 5.14. The Labute approximate surface area is 54.9 Å². The first-order chi connectivity index (χ1) is 4.43. The zero-order valence-corrected chi connectivity index (χ0v) is 5.47. The molecule has 0 bridgehead atoms. The molecule has 1 rings (SSSR count). The third-order valence-corrected chi connectivity index (χ3v) is 1.42. The van der Waals surface area contributed by atoms with Crippen molar-refractivity contribution in [3.05, 3.63) is 0 Å². The van der Waals surface area contributed by atoms with Crippen molar-refractivity contribution in [2.45, 2.75) is 0 Å². The summed E-state index contributed by atoms with van der Waals surface area (Å²) in [5.74, 6) is 5.13. The average Bonchev–Trinajstić information content (AvgIpc) is 1.91. The van der Waals surface area contributed by atoms with E-state index in [2.05, 4.69) is 10.3 Å². The SMILES string of the molecule is NNCN1CCOCC1. The van der Waals surface area contributed by atoms with E-state index >= 15 is 0 Å². The Hall–Kier alpha value is -0.160. The first-order valence-electron chi connectivity index (χ1n) is 3.17. The van der Waals surface area contributed by atoms with Gasteiger partial charge in [-0.2, -0.15) is 0 Å². The molecule has 1 aliphatic heterocycles. The predicted octanol–water partition coefficient (Wildman–Crippen LogP) is -1.26. The number of hydrogen-bond acceptors (Lipinski definition) is 4. The number of morpholine rings is 1. The van der Waals surface area contributed by atoms with Crippen molar-refractivity contribution in [2.75, 3.05) is 33.0 Å². The second-order valence-corrected chi connectivity index (χ2v) is 2.09. The second-order valence-electron chi connectivity index (χ2n) is 2.09. The third kappa shape index (κ3) is 2.28.